The summed E-state index contributed by atoms with van der Waals surface area (Å²) in [5.41, 5.74) is 5.80. The lowest BCUT2D eigenvalue weighted by Gasteiger charge is -2.14. The van der Waals surface area contributed by atoms with Crippen LogP contribution >= 0.6 is 0 Å². The molecule has 1 aliphatic rings. The van der Waals surface area contributed by atoms with Crippen LogP contribution in [0.2, 0.25) is 0 Å². The summed E-state index contributed by atoms with van der Waals surface area (Å²) >= 11 is 0. The first kappa shape index (κ1) is 20.1. The van der Waals surface area contributed by atoms with Crippen molar-refractivity contribution in [3.8, 4) is 34.8 Å². The second-order valence-electron chi connectivity index (χ2n) is 7.01. The monoisotopic (exact) mass is 408 g/mol. The van der Waals surface area contributed by atoms with Gasteiger partial charge < -0.3 is 14.8 Å². The molecule has 4 rings (SSSR count). The van der Waals surface area contributed by atoms with Crippen molar-refractivity contribution in [2.24, 2.45) is 0 Å². The molecule has 31 heavy (non-hydrogen) atoms. The number of benzene rings is 3. The average molecular weight is 408 g/mol. The molecule has 3 aromatic rings. The number of ether oxygens (including phenoxy) is 2. The molecule has 0 saturated heterocycles. The molecule has 1 aliphatic carbocycles. The molecule has 0 radical (unpaired) electrons. The Bertz CT molecular complexity index is 1190. The molecule has 0 bridgehead atoms. The topological polar surface area (TPSA) is 71.3 Å². The van der Waals surface area contributed by atoms with Crippen LogP contribution in [-0.2, 0) is 4.74 Å². The highest BCUT2D eigenvalue weighted by Crippen LogP contribution is 2.44. The van der Waals surface area contributed by atoms with Gasteiger partial charge in [0, 0.05) is 5.92 Å². The second kappa shape index (κ2) is 9.07. The fourth-order valence-electron chi connectivity index (χ4n) is 3.78. The van der Waals surface area contributed by atoms with E-state index in [0.717, 1.165) is 0 Å². The second-order valence-corrected chi connectivity index (χ2v) is 7.01. The van der Waals surface area contributed by atoms with Gasteiger partial charge in [0.25, 0.3) is 0 Å². The molecule has 3 aromatic carbocycles. The quantitative estimate of drug-likeness (QED) is 0.647. The van der Waals surface area contributed by atoms with Gasteiger partial charge >= 0.3 is 6.09 Å². The van der Waals surface area contributed by atoms with Crippen molar-refractivity contribution in [3.05, 3.63) is 89.0 Å². The first-order valence-corrected chi connectivity index (χ1v) is 9.87. The number of hydrogen-bond acceptors (Lipinski definition) is 4. The number of hydrogen-bond donors (Lipinski definition) is 1. The van der Waals surface area contributed by atoms with Crippen molar-refractivity contribution < 1.29 is 14.3 Å². The van der Waals surface area contributed by atoms with Crippen molar-refractivity contribution in [3.63, 3.8) is 0 Å². The van der Waals surface area contributed by atoms with E-state index in [4.69, 9.17) is 14.7 Å². The number of rotatable bonds is 4. The van der Waals surface area contributed by atoms with Crippen LogP contribution in [0.4, 0.5) is 4.79 Å². The zero-order chi connectivity index (χ0) is 21.6. The minimum Gasteiger partial charge on any atom is -0.495 e. The van der Waals surface area contributed by atoms with Crippen LogP contribution in [0.25, 0.3) is 11.1 Å². The fourth-order valence-corrected chi connectivity index (χ4v) is 3.78. The van der Waals surface area contributed by atoms with Crippen LogP contribution in [0.1, 0.15) is 28.2 Å². The summed E-state index contributed by atoms with van der Waals surface area (Å²) in [6, 6.07) is 23.5. The van der Waals surface area contributed by atoms with Gasteiger partial charge in [0.2, 0.25) is 0 Å². The zero-order valence-electron chi connectivity index (χ0n) is 17.0. The van der Waals surface area contributed by atoms with Crippen LogP contribution < -0.4 is 10.1 Å². The van der Waals surface area contributed by atoms with E-state index in [1.807, 2.05) is 24.3 Å². The van der Waals surface area contributed by atoms with E-state index < -0.39 is 6.09 Å². The van der Waals surface area contributed by atoms with Crippen molar-refractivity contribution in [2.75, 3.05) is 20.3 Å². The van der Waals surface area contributed by atoms with E-state index in [-0.39, 0.29) is 19.1 Å². The molecule has 0 unspecified atom stereocenters. The Labute approximate surface area is 181 Å². The Morgan fingerprint density at radius 3 is 2.35 bits per heavy atom. The van der Waals surface area contributed by atoms with Crippen molar-refractivity contribution in [1.29, 1.82) is 5.26 Å². The van der Waals surface area contributed by atoms with Gasteiger partial charge in [-0.1, -0.05) is 60.4 Å². The number of methoxy groups -OCH3 is 1. The summed E-state index contributed by atoms with van der Waals surface area (Å²) in [6.07, 6.45) is -0.520. The van der Waals surface area contributed by atoms with Crippen LogP contribution in [0.5, 0.6) is 5.75 Å². The first-order chi connectivity index (χ1) is 15.2. The molecule has 0 aromatic heterocycles. The summed E-state index contributed by atoms with van der Waals surface area (Å²) in [7, 11) is 1.54. The van der Waals surface area contributed by atoms with E-state index in [2.05, 4.69) is 47.5 Å². The predicted molar refractivity (Wildman–Crippen MR) is 118 cm³/mol. The number of fused-ring (bicyclic) bond motifs is 3. The largest absolute Gasteiger partial charge is 0.495 e. The third kappa shape index (κ3) is 4.22. The van der Waals surface area contributed by atoms with E-state index in [0.29, 0.717) is 16.9 Å². The summed E-state index contributed by atoms with van der Waals surface area (Å²) in [4.78, 5) is 12.2. The van der Waals surface area contributed by atoms with Gasteiger partial charge in [0.15, 0.2) is 0 Å². The number of nitrogens with one attached hydrogen (secondary N) is 1. The minimum absolute atomic E-state index is 0.0159. The van der Waals surface area contributed by atoms with Crippen LogP contribution in [-0.4, -0.2) is 26.4 Å². The maximum absolute atomic E-state index is 12.2. The first-order valence-electron chi connectivity index (χ1n) is 9.87. The Morgan fingerprint density at radius 1 is 1.03 bits per heavy atom. The van der Waals surface area contributed by atoms with Crippen molar-refractivity contribution >= 4 is 6.09 Å². The van der Waals surface area contributed by atoms with Crippen LogP contribution in [0, 0.1) is 23.2 Å². The van der Waals surface area contributed by atoms with Gasteiger partial charge in [-0.05, 0) is 40.5 Å². The third-order valence-corrected chi connectivity index (χ3v) is 5.22. The van der Waals surface area contributed by atoms with Crippen LogP contribution in [0.3, 0.4) is 0 Å². The van der Waals surface area contributed by atoms with Gasteiger partial charge in [-0.15, -0.1) is 0 Å². The number of carbonyl (C=O) groups is 1. The Kier molecular flexibility index (Phi) is 5.87. The molecule has 0 spiro atoms. The van der Waals surface area contributed by atoms with Crippen LogP contribution in [0.15, 0.2) is 66.7 Å². The molecule has 0 atom stereocenters. The summed E-state index contributed by atoms with van der Waals surface area (Å²) in [6.45, 7) is 0.377. The number of carbonyl (C=O) groups excluding carboxylic acids is 1. The lowest BCUT2D eigenvalue weighted by atomic mass is 9.98. The molecule has 0 aliphatic heterocycles. The van der Waals surface area contributed by atoms with Gasteiger partial charge in [-0.3, -0.25) is 0 Å². The average Bonchev–Trinajstić information content (AvgIpc) is 3.14. The number of nitriles is 1. The third-order valence-electron chi connectivity index (χ3n) is 5.22. The van der Waals surface area contributed by atoms with E-state index in [1.54, 1.807) is 25.3 Å². The van der Waals surface area contributed by atoms with E-state index in [1.165, 1.54) is 22.3 Å². The van der Waals surface area contributed by atoms with E-state index in [9.17, 15) is 4.79 Å². The maximum atomic E-state index is 12.2. The fraction of sp³-hybridized carbons (Fsp3) is 0.154. The van der Waals surface area contributed by atoms with E-state index >= 15 is 0 Å². The predicted octanol–water partition coefficient (Wildman–Crippen LogP) is 4.46. The molecule has 5 heteroatoms. The molecule has 1 N–H and O–H groups in total. The summed E-state index contributed by atoms with van der Waals surface area (Å²) in [5, 5.41) is 11.7. The highest BCUT2D eigenvalue weighted by molar-refractivity contribution is 5.79. The number of amides is 1. The molecule has 5 nitrogen and oxygen atoms in total. The van der Waals surface area contributed by atoms with Crippen molar-refractivity contribution in [1.82, 2.24) is 5.32 Å². The lowest BCUT2D eigenvalue weighted by molar-refractivity contribution is 0.144. The Balaban J connectivity index is 1.37. The molecule has 152 valence electrons. The number of nitrogens with zero attached hydrogens (tertiary/aromatic N) is 1. The normalized spacial score (nSPS) is 11.4. The standard InChI is InChI=1S/C26H20N2O3/c1-30-25-13-12-18(16-27)15-19(25)7-6-14-28-26(29)31-17-24-22-10-4-2-8-20(22)21-9-3-5-11-23(21)24/h2-5,8-13,15,24H,14,17H2,1H3,(H,28,29). The summed E-state index contributed by atoms with van der Waals surface area (Å²) in [5.74, 6) is 6.38. The Hall–Kier alpha value is -4.22. The van der Waals surface area contributed by atoms with Crippen molar-refractivity contribution in [2.45, 2.75) is 5.92 Å². The van der Waals surface area contributed by atoms with Gasteiger partial charge in [-0.25, -0.2) is 4.79 Å². The molecule has 1 amide bonds. The molecule has 0 saturated carbocycles. The highest BCUT2D eigenvalue weighted by Gasteiger charge is 2.28. The Morgan fingerprint density at radius 2 is 1.71 bits per heavy atom. The molecule has 0 heterocycles. The highest BCUT2D eigenvalue weighted by atomic mass is 16.5. The molecule has 0 fully saturated rings. The maximum Gasteiger partial charge on any atom is 0.407 e. The van der Waals surface area contributed by atoms with Gasteiger partial charge in [0.05, 0.1) is 30.9 Å². The van der Waals surface area contributed by atoms with Gasteiger partial charge in [0.1, 0.15) is 12.4 Å². The van der Waals surface area contributed by atoms with Gasteiger partial charge in [-0.2, -0.15) is 5.26 Å². The molecular weight excluding hydrogens is 388 g/mol. The zero-order valence-corrected chi connectivity index (χ0v) is 17.0. The summed E-state index contributed by atoms with van der Waals surface area (Å²) < 4.78 is 10.7. The number of alkyl carbamates (subject to hydrolysis) is 1. The smallest absolute Gasteiger partial charge is 0.407 e. The minimum atomic E-state index is -0.520. The SMILES string of the molecule is COc1ccc(C#N)cc1C#CCNC(=O)OCC1c2ccccc2-c2ccccc21. The molecular formula is C26H20N2O3. The lowest BCUT2D eigenvalue weighted by Crippen LogP contribution is -2.26.